The molecule has 1 heterocycles. The fourth-order valence-electron chi connectivity index (χ4n) is 1.61. The van der Waals surface area contributed by atoms with Gasteiger partial charge in [0, 0.05) is 26.9 Å². The summed E-state index contributed by atoms with van der Waals surface area (Å²) >= 11 is 0. The van der Waals surface area contributed by atoms with Crippen LogP contribution in [0.3, 0.4) is 0 Å². The Labute approximate surface area is 91.6 Å². The highest BCUT2D eigenvalue weighted by atomic mass is 16.5. The molecule has 0 aliphatic rings. The molecule has 0 unspecified atom stereocenters. The Hall–Kier alpha value is -0.870. The SMILES string of the molecule is CCc1nn(C)cc1CCNCCOC. The molecule has 0 aliphatic heterocycles. The first-order chi connectivity index (χ1) is 7.27. The van der Waals surface area contributed by atoms with E-state index in [9.17, 15) is 0 Å². The molecule has 15 heavy (non-hydrogen) atoms. The molecular formula is C11H21N3O. The molecule has 0 saturated carbocycles. The van der Waals surface area contributed by atoms with Gasteiger partial charge in [-0.15, -0.1) is 0 Å². The number of ether oxygens (including phenoxy) is 1. The summed E-state index contributed by atoms with van der Waals surface area (Å²) < 4.78 is 6.86. The van der Waals surface area contributed by atoms with Gasteiger partial charge in [-0.25, -0.2) is 0 Å². The Morgan fingerprint density at radius 2 is 2.27 bits per heavy atom. The first kappa shape index (κ1) is 12.2. The lowest BCUT2D eigenvalue weighted by atomic mass is 10.1. The van der Waals surface area contributed by atoms with E-state index in [1.165, 1.54) is 11.3 Å². The highest BCUT2D eigenvalue weighted by molar-refractivity contribution is 5.17. The van der Waals surface area contributed by atoms with Crippen molar-refractivity contribution in [1.82, 2.24) is 15.1 Å². The monoisotopic (exact) mass is 211 g/mol. The van der Waals surface area contributed by atoms with Gasteiger partial charge in [-0.2, -0.15) is 5.10 Å². The van der Waals surface area contributed by atoms with Crippen molar-refractivity contribution in [2.45, 2.75) is 19.8 Å². The van der Waals surface area contributed by atoms with Crippen molar-refractivity contribution in [2.24, 2.45) is 7.05 Å². The number of hydrogen-bond acceptors (Lipinski definition) is 3. The van der Waals surface area contributed by atoms with Crippen LogP contribution in [0.2, 0.25) is 0 Å². The molecule has 0 amide bonds. The van der Waals surface area contributed by atoms with Crippen LogP contribution in [0.1, 0.15) is 18.2 Å². The van der Waals surface area contributed by atoms with E-state index in [1.807, 2.05) is 11.7 Å². The van der Waals surface area contributed by atoms with Crippen molar-refractivity contribution >= 4 is 0 Å². The largest absolute Gasteiger partial charge is 0.383 e. The van der Waals surface area contributed by atoms with Crippen LogP contribution in [0.25, 0.3) is 0 Å². The van der Waals surface area contributed by atoms with Crippen molar-refractivity contribution in [2.75, 3.05) is 26.8 Å². The van der Waals surface area contributed by atoms with Crippen LogP contribution in [0.4, 0.5) is 0 Å². The highest BCUT2D eigenvalue weighted by Gasteiger charge is 2.04. The number of nitrogens with one attached hydrogen (secondary N) is 1. The van der Waals surface area contributed by atoms with Gasteiger partial charge in [0.2, 0.25) is 0 Å². The van der Waals surface area contributed by atoms with Crippen LogP contribution in [0.15, 0.2) is 6.20 Å². The molecule has 1 aromatic rings. The van der Waals surface area contributed by atoms with Crippen LogP contribution in [-0.4, -0.2) is 36.6 Å². The second-order valence-corrected chi connectivity index (χ2v) is 3.62. The number of nitrogens with zero attached hydrogens (tertiary/aromatic N) is 2. The van der Waals surface area contributed by atoms with Crippen molar-refractivity contribution in [1.29, 1.82) is 0 Å². The van der Waals surface area contributed by atoms with Gasteiger partial charge in [-0.05, 0) is 24.9 Å². The van der Waals surface area contributed by atoms with E-state index in [1.54, 1.807) is 7.11 Å². The number of methoxy groups -OCH3 is 1. The quantitative estimate of drug-likeness (QED) is 0.677. The molecule has 4 nitrogen and oxygen atoms in total. The molecule has 86 valence electrons. The summed E-state index contributed by atoms with van der Waals surface area (Å²) in [6.07, 6.45) is 4.16. The van der Waals surface area contributed by atoms with E-state index < -0.39 is 0 Å². The third-order valence-corrected chi connectivity index (χ3v) is 2.38. The van der Waals surface area contributed by atoms with E-state index in [4.69, 9.17) is 4.74 Å². The maximum atomic E-state index is 4.96. The van der Waals surface area contributed by atoms with Crippen LogP contribution in [-0.2, 0) is 24.6 Å². The molecule has 0 spiro atoms. The third kappa shape index (κ3) is 4.01. The Kier molecular flexibility index (Phi) is 5.36. The lowest BCUT2D eigenvalue weighted by Crippen LogP contribution is -2.21. The minimum atomic E-state index is 0.772. The van der Waals surface area contributed by atoms with Gasteiger partial charge in [0.15, 0.2) is 0 Å². The molecule has 0 aliphatic carbocycles. The Bertz CT molecular complexity index is 283. The summed E-state index contributed by atoms with van der Waals surface area (Å²) in [5, 5.41) is 7.74. The van der Waals surface area contributed by atoms with Gasteiger partial charge in [-0.1, -0.05) is 6.92 Å². The fourth-order valence-corrected chi connectivity index (χ4v) is 1.61. The maximum Gasteiger partial charge on any atom is 0.0654 e. The molecule has 0 atom stereocenters. The maximum absolute atomic E-state index is 4.96. The summed E-state index contributed by atoms with van der Waals surface area (Å²) in [5.74, 6) is 0. The Balaban J connectivity index is 2.30. The molecule has 1 aromatic heterocycles. The Morgan fingerprint density at radius 3 is 2.93 bits per heavy atom. The standard InChI is InChI=1S/C11H21N3O/c1-4-11-10(9-14(2)13-11)5-6-12-7-8-15-3/h9,12H,4-8H2,1-3H3. The van der Waals surface area contributed by atoms with Crippen molar-refractivity contribution in [3.8, 4) is 0 Å². The number of aryl methyl sites for hydroxylation is 2. The predicted octanol–water partition coefficient (Wildman–Crippen LogP) is 0.761. The first-order valence-corrected chi connectivity index (χ1v) is 5.49. The van der Waals surface area contributed by atoms with Gasteiger partial charge < -0.3 is 10.1 Å². The molecule has 0 saturated heterocycles. The average molecular weight is 211 g/mol. The molecule has 1 N–H and O–H groups in total. The second kappa shape index (κ2) is 6.58. The van der Waals surface area contributed by atoms with E-state index in [2.05, 4.69) is 23.5 Å². The highest BCUT2D eigenvalue weighted by Crippen LogP contribution is 2.07. The van der Waals surface area contributed by atoms with Crippen LogP contribution in [0, 0.1) is 0 Å². The molecule has 4 heteroatoms. The minimum Gasteiger partial charge on any atom is -0.383 e. The molecule has 0 aromatic carbocycles. The minimum absolute atomic E-state index is 0.772. The van der Waals surface area contributed by atoms with E-state index in [0.29, 0.717) is 0 Å². The second-order valence-electron chi connectivity index (χ2n) is 3.62. The predicted molar refractivity (Wildman–Crippen MR) is 61.0 cm³/mol. The number of hydrogen-bond donors (Lipinski definition) is 1. The molecule has 0 fully saturated rings. The molecule has 1 rings (SSSR count). The van der Waals surface area contributed by atoms with Crippen molar-refractivity contribution in [3.63, 3.8) is 0 Å². The van der Waals surface area contributed by atoms with Gasteiger partial charge in [0.25, 0.3) is 0 Å². The summed E-state index contributed by atoms with van der Waals surface area (Å²) in [6.45, 7) is 4.82. The van der Waals surface area contributed by atoms with Gasteiger partial charge in [0.05, 0.1) is 12.3 Å². The Morgan fingerprint density at radius 1 is 1.47 bits per heavy atom. The lowest BCUT2D eigenvalue weighted by molar-refractivity contribution is 0.199. The van der Waals surface area contributed by atoms with E-state index in [0.717, 1.165) is 32.5 Å². The van der Waals surface area contributed by atoms with E-state index in [-0.39, 0.29) is 0 Å². The van der Waals surface area contributed by atoms with Gasteiger partial charge in [0.1, 0.15) is 0 Å². The van der Waals surface area contributed by atoms with E-state index >= 15 is 0 Å². The molecular weight excluding hydrogens is 190 g/mol. The average Bonchev–Trinajstić information content (AvgIpc) is 2.59. The van der Waals surface area contributed by atoms with Crippen molar-refractivity contribution < 1.29 is 4.74 Å². The third-order valence-electron chi connectivity index (χ3n) is 2.38. The summed E-state index contributed by atoms with van der Waals surface area (Å²) in [5.41, 5.74) is 2.57. The zero-order valence-electron chi connectivity index (χ0n) is 9.92. The number of aromatic nitrogens is 2. The smallest absolute Gasteiger partial charge is 0.0654 e. The van der Waals surface area contributed by atoms with Crippen molar-refractivity contribution in [3.05, 3.63) is 17.5 Å². The van der Waals surface area contributed by atoms with Crippen LogP contribution in [0.5, 0.6) is 0 Å². The fraction of sp³-hybridized carbons (Fsp3) is 0.727. The summed E-state index contributed by atoms with van der Waals surface area (Å²) in [7, 11) is 3.69. The summed E-state index contributed by atoms with van der Waals surface area (Å²) in [4.78, 5) is 0. The lowest BCUT2D eigenvalue weighted by Gasteiger charge is -2.03. The van der Waals surface area contributed by atoms with Gasteiger partial charge in [-0.3, -0.25) is 4.68 Å². The normalized spacial score (nSPS) is 10.9. The number of rotatable bonds is 7. The van der Waals surface area contributed by atoms with Crippen LogP contribution < -0.4 is 5.32 Å². The molecule has 0 bridgehead atoms. The zero-order valence-corrected chi connectivity index (χ0v) is 9.92. The topological polar surface area (TPSA) is 39.1 Å². The molecule has 0 radical (unpaired) electrons. The van der Waals surface area contributed by atoms with Gasteiger partial charge >= 0.3 is 0 Å². The first-order valence-electron chi connectivity index (χ1n) is 5.49. The zero-order chi connectivity index (χ0) is 11.1. The summed E-state index contributed by atoms with van der Waals surface area (Å²) in [6, 6.07) is 0. The van der Waals surface area contributed by atoms with Crippen LogP contribution >= 0.6 is 0 Å².